The highest BCUT2D eigenvalue weighted by atomic mass is 19.1. The second kappa shape index (κ2) is 4.84. The first-order chi connectivity index (χ1) is 10.7. The Morgan fingerprint density at radius 2 is 1.73 bits per heavy atom. The number of nitrogens with one attached hydrogen (secondary N) is 1. The number of hydrogen-bond donors (Lipinski definition) is 1. The van der Waals surface area contributed by atoms with Gasteiger partial charge in [0.15, 0.2) is 0 Å². The zero-order chi connectivity index (χ0) is 15.1. The van der Waals surface area contributed by atoms with Crippen molar-refractivity contribution in [3.8, 4) is 5.75 Å². The van der Waals surface area contributed by atoms with E-state index in [-0.39, 0.29) is 11.9 Å². The molecule has 4 rings (SSSR count). The number of carbonyl (C=O) groups is 1. The Morgan fingerprint density at radius 1 is 0.955 bits per heavy atom. The van der Waals surface area contributed by atoms with Crippen LogP contribution in [0.5, 0.6) is 5.75 Å². The SMILES string of the molecule is O=C1NC(c2ccc(F)cc2)c2ccc3ccccc3c2O1. The number of fused-ring (bicyclic) bond motifs is 3. The third-order valence-corrected chi connectivity index (χ3v) is 3.88. The molecule has 3 nitrogen and oxygen atoms in total. The number of carbonyl (C=O) groups excluding carboxylic acids is 1. The van der Waals surface area contributed by atoms with Gasteiger partial charge in [0.25, 0.3) is 0 Å². The molecule has 0 spiro atoms. The van der Waals surface area contributed by atoms with E-state index in [1.165, 1.54) is 12.1 Å². The van der Waals surface area contributed by atoms with Gasteiger partial charge in [0, 0.05) is 10.9 Å². The summed E-state index contributed by atoms with van der Waals surface area (Å²) in [6.07, 6.45) is -0.502. The van der Waals surface area contributed by atoms with Crippen LogP contribution in [0.4, 0.5) is 9.18 Å². The first kappa shape index (κ1) is 12.8. The lowest BCUT2D eigenvalue weighted by molar-refractivity contribution is 0.192. The summed E-state index contributed by atoms with van der Waals surface area (Å²) < 4.78 is 18.5. The van der Waals surface area contributed by atoms with Crippen molar-refractivity contribution in [1.82, 2.24) is 5.32 Å². The van der Waals surface area contributed by atoms with Gasteiger partial charge in [-0.15, -0.1) is 0 Å². The highest BCUT2D eigenvalue weighted by Gasteiger charge is 2.28. The van der Waals surface area contributed by atoms with Crippen LogP contribution in [0.3, 0.4) is 0 Å². The molecule has 3 aromatic rings. The molecule has 0 saturated heterocycles. The lowest BCUT2D eigenvalue weighted by Gasteiger charge is -2.27. The van der Waals surface area contributed by atoms with Crippen molar-refractivity contribution < 1.29 is 13.9 Å². The number of hydrogen-bond acceptors (Lipinski definition) is 2. The summed E-state index contributed by atoms with van der Waals surface area (Å²) in [6.45, 7) is 0. The minimum absolute atomic E-state index is 0.305. The van der Waals surface area contributed by atoms with Crippen LogP contribution in [0, 0.1) is 5.82 Å². The van der Waals surface area contributed by atoms with E-state index in [0.29, 0.717) is 5.75 Å². The minimum atomic E-state index is -0.502. The van der Waals surface area contributed by atoms with Crippen LogP contribution in [-0.4, -0.2) is 6.09 Å². The maximum absolute atomic E-state index is 13.1. The van der Waals surface area contributed by atoms with Crippen molar-refractivity contribution in [2.24, 2.45) is 0 Å². The Morgan fingerprint density at radius 3 is 2.55 bits per heavy atom. The van der Waals surface area contributed by atoms with Gasteiger partial charge in [-0.1, -0.05) is 48.5 Å². The number of benzene rings is 3. The topological polar surface area (TPSA) is 38.3 Å². The van der Waals surface area contributed by atoms with E-state index in [9.17, 15) is 9.18 Å². The van der Waals surface area contributed by atoms with Gasteiger partial charge in [0.2, 0.25) is 0 Å². The van der Waals surface area contributed by atoms with Crippen LogP contribution in [-0.2, 0) is 0 Å². The standard InChI is InChI=1S/C18H12FNO2/c19-13-8-5-12(6-9-13)16-15-10-7-11-3-1-2-4-14(11)17(15)22-18(21)20-16/h1-10,16H,(H,20,21). The number of ether oxygens (including phenoxy) is 1. The highest BCUT2D eigenvalue weighted by Crippen LogP contribution is 2.38. The molecule has 0 aromatic heterocycles. The summed E-state index contributed by atoms with van der Waals surface area (Å²) in [4.78, 5) is 11.9. The smallest absolute Gasteiger partial charge is 0.409 e. The summed E-state index contributed by atoms with van der Waals surface area (Å²) in [5.41, 5.74) is 1.68. The second-order valence-corrected chi connectivity index (χ2v) is 5.22. The molecule has 108 valence electrons. The predicted molar refractivity (Wildman–Crippen MR) is 81.4 cm³/mol. The van der Waals surface area contributed by atoms with E-state index in [1.807, 2.05) is 36.4 Å². The molecule has 0 saturated carbocycles. The van der Waals surface area contributed by atoms with Crippen molar-refractivity contribution in [2.45, 2.75) is 6.04 Å². The molecule has 1 heterocycles. The quantitative estimate of drug-likeness (QED) is 0.731. The lowest BCUT2D eigenvalue weighted by atomic mass is 9.94. The average Bonchev–Trinajstić information content (AvgIpc) is 2.55. The van der Waals surface area contributed by atoms with Crippen LogP contribution in [0.15, 0.2) is 60.7 Å². The van der Waals surface area contributed by atoms with Crippen LogP contribution in [0.2, 0.25) is 0 Å². The fourth-order valence-corrected chi connectivity index (χ4v) is 2.84. The zero-order valence-electron chi connectivity index (χ0n) is 11.5. The Kier molecular flexibility index (Phi) is 2.82. The van der Waals surface area contributed by atoms with Crippen molar-refractivity contribution >= 4 is 16.9 Å². The van der Waals surface area contributed by atoms with Gasteiger partial charge in [0.1, 0.15) is 11.6 Å². The fourth-order valence-electron chi connectivity index (χ4n) is 2.84. The highest BCUT2D eigenvalue weighted by molar-refractivity contribution is 5.93. The fraction of sp³-hybridized carbons (Fsp3) is 0.0556. The molecule has 4 heteroatoms. The molecule has 1 unspecified atom stereocenters. The minimum Gasteiger partial charge on any atom is -0.409 e. The molecule has 0 bridgehead atoms. The molecule has 1 aliphatic rings. The second-order valence-electron chi connectivity index (χ2n) is 5.22. The van der Waals surface area contributed by atoms with Crippen LogP contribution >= 0.6 is 0 Å². The summed E-state index contributed by atoms with van der Waals surface area (Å²) in [6, 6.07) is 17.4. The van der Waals surface area contributed by atoms with Gasteiger partial charge < -0.3 is 10.1 Å². The summed E-state index contributed by atoms with van der Waals surface area (Å²) in [5.74, 6) is 0.261. The first-order valence-corrected chi connectivity index (χ1v) is 6.98. The van der Waals surface area contributed by atoms with E-state index in [4.69, 9.17) is 4.74 Å². The molecule has 1 N–H and O–H groups in total. The Balaban J connectivity index is 1.92. The monoisotopic (exact) mass is 293 g/mol. The van der Waals surface area contributed by atoms with Crippen molar-refractivity contribution in [2.75, 3.05) is 0 Å². The van der Waals surface area contributed by atoms with Gasteiger partial charge in [-0.3, -0.25) is 0 Å². The maximum Gasteiger partial charge on any atom is 0.413 e. The molecule has 1 atom stereocenters. The van der Waals surface area contributed by atoms with Crippen molar-refractivity contribution in [3.05, 3.63) is 77.6 Å². The molecule has 0 aliphatic carbocycles. The van der Waals surface area contributed by atoms with Gasteiger partial charge >= 0.3 is 6.09 Å². The Hall–Kier alpha value is -2.88. The van der Waals surface area contributed by atoms with Crippen LogP contribution in [0.25, 0.3) is 10.8 Å². The van der Waals surface area contributed by atoms with E-state index in [0.717, 1.165) is 21.9 Å². The first-order valence-electron chi connectivity index (χ1n) is 6.98. The Labute approximate surface area is 126 Å². The molecule has 3 aromatic carbocycles. The number of amides is 1. The molecule has 22 heavy (non-hydrogen) atoms. The molecular formula is C18H12FNO2. The van der Waals surface area contributed by atoms with Gasteiger partial charge in [-0.05, 0) is 23.1 Å². The maximum atomic E-state index is 13.1. The summed E-state index contributed by atoms with van der Waals surface area (Å²) in [7, 11) is 0. The van der Waals surface area contributed by atoms with Crippen LogP contribution < -0.4 is 10.1 Å². The Bertz CT molecular complexity index is 874. The van der Waals surface area contributed by atoms with E-state index in [2.05, 4.69) is 5.32 Å². The molecular weight excluding hydrogens is 281 g/mol. The average molecular weight is 293 g/mol. The summed E-state index contributed by atoms with van der Waals surface area (Å²) >= 11 is 0. The number of rotatable bonds is 1. The van der Waals surface area contributed by atoms with Gasteiger partial charge in [-0.2, -0.15) is 0 Å². The van der Waals surface area contributed by atoms with Gasteiger partial charge in [-0.25, -0.2) is 9.18 Å². The molecule has 0 radical (unpaired) electrons. The van der Waals surface area contributed by atoms with E-state index < -0.39 is 6.09 Å². The van der Waals surface area contributed by atoms with E-state index in [1.54, 1.807) is 12.1 Å². The predicted octanol–water partition coefficient (Wildman–Crippen LogP) is 4.17. The number of halogens is 1. The molecule has 0 fully saturated rings. The van der Waals surface area contributed by atoms with Crippen molar-refractivity contribution in [3.63, 3.8) is 0 Å². The van der Waals surface area contributed by atoms with E-state index >= 15 is 0 Å². The van der Waals surface area contributed by atoms with Gasteiger partial charge in [0.05, 0.1) is 6.04 Å². The van der Waals surface area contributed by atoms with Crippen molar-refractivity contribution in [1.29, 1.82) is 0 Å². The molecule has 1 aliphatic heterocycles. The molecule has 1 amide bonds. The zero-order valence-corrected chi connectivity index (χ0v) is 11.5. The third-order valence-electron chi connectivity index (χ3n) is 3.88. The lowest BCUT2D eigenvalue weighted by Crippen LogP contribution is -2.36. The normalized spacial score (nSPS) is 16.8. The summed E-state index contributed by atoms with van der Waals surface area (Å²) in [5, 5.41) is 4.69. The largest absolute Gasteiger partial charge is 0.413 e. The van der Waals surface area contributed by atoms with Crippen LogP contribution in [0.1, 0.15) is 17.2 Å². The third kappa shape index (κ3) is 2.00.